The van der Waals surface area contributed by atoms with Gasteiger partial charge in [-0.2, -0.15) is 0 Å². The molecule has 76 valence electrons. The molecule has 0 spiro atoms. The second kappa shape index (κ2) is 3.96. The summed E-state index contributed by atoms with van der Waals surface area (Å²) >= 11 is 0. The molecule has 0 amide bonds. The molecule has 14 heavy (non-hydrogen) atoms. The van der Waals surface area contributed by atoms with Gasteiger partial charge in [-0.25, -0.2) is 0 Å². The van der Waals surface area contributed by atoms with Gasteiger partial charge in [0.25, 0.3) is 0 Å². The molecule has 1 aliphatic carbocycles. The number of aromatic nitrogens is 1. The number of rotatable bonds is 1. The van der Waals surface area contributed by atoms with Crippen LogP contribution in [0.25, 0.3) is 0 Å². The molecule has 1 aliphatic rings. The highest BCUT2D eigenvalue weighted by Gasteiger charge is 2.21. The Morgan fingerprint density at radius 2 is 1.93 bits per heavy atom. The highest BCUT2D eigenvalue weighted by atomic mass is 16.3. The largest absolute Gasteiger partial charge is 0.397 e. The molecule has 0 atom stereocenters. The summed E-state index contributed by atoms with van der Waals surface area (Å²) in [7, 11) is 0. The summed E-state index contributed by atoms with van der Waals surface area (Å²) < 4.78 is 0. The van der Waals surface area contributed by atoms with E-state index in [0.717, 1.165) is 31.4 Å². The van der Waals surface area contributed by atoms with Crippen LogP contribution in [-0.2, 0) is 0 Å². The molecule has 1 fully saturated rings. The van der Waals surface area contributed by atoms with Crippen LogP contribution < -0.4 is 5.73 Å². The first-order valence-corrected chi connectivity index (χ1v) is 5.15. The average molecular weight is 192 g/mol. The van der Waals surface area contributed by atoms with Gasteiger partial charge in [-0.1, -0.05) is 0 Å². The Hall–Kier alpha value is -1.09. The molecular weight excluding hydrogens is 176 g/mol. The van der Waals surface area contributed by atoms with Crippen molar-refractivity contribution in [2.75, 3.05) is 5.73 Å². The maximum Gasteiger partial charge on any atom is 0.0540 e. The zero-order chi connectivity index (χ0) is 9.97. The van der Waals surface area contributed by atoms with Crippen molar-refractivity contribution in [1.82, 2.24) is 4.98 Å². The van der Waals surface area contributed by atoms with Crippen molar-refractivity contribution >= 4 is 5.69 Å². The molecule has 0 aromatic carbocycles. The molecule has 3 nitrogen and oxygen atoms in total. The Kier molecular flexibility index (Phi) is 2.68. The van der Waals surface area contributed by atoms with Crippen LogP contribution >= 0.6 is 0 Å². The molecule has 1 saturated carbocycles. The van der Waals surface area contributed by atoms with E-state index in [1.807, 2.05) is 12.1 Å². The smallest absolute Gasteiger partial charge is 0.0540 e. The minimum absolute atomic E-state index is 0.0972. The Morgan fingerprint density at radius 3 is 2.50 bits per heavy atom. The van der Waals surface area contributed by atoms with Crippen LogP contribution in [0, 0.1) is 0 Å². The molecule has 0 radical (unpaired) electrons. The highest BCUT2D eigenvalue weighted by molar-refractivity contribution is 5.35. The third-order valence-corrected chi connectivity index (χ3v) is 2.92. The number of hydrogen-bond donors (Lipinski definition) is 2. The first-order valence-electron chi connectivity index (χ1n) is 5.15. The van der Waals surface area contributed by atoms with Crippen LogP contribution in [0.3, 0.4) is 0 Å². The standard InChI is InChI=1S/C11H16N2O/c12-9-3-6-11(13-7-9)8-1-4-10(14)5-2-8/h3,6-8,10,14H,1-2,4-5,12H2. The fourth-order valence-corrected chi connectivity index (χ4v) is 2.03. The first kappa shape index (κ1) is 9.46. The van der Waals surface area contributed by atoms with Gasteiger partial charge in [-0.05, 0) is 37.8 Å². The lowest BCUT2D eigenvalue weighted by atomic mass is 9.85. The van der Waals surface area contributed by atoms with E-state index in [1.165, 1.54) is 0 Å². The van der Waals surface area contributed by atoms with E-state index in [2.05, 4.69) is 4.98 Å². The van der Waals surface area contributed by atoms with Gasteiger partial charge in [0.1, 0.15) is 0 Å². The molecule has 1 aromatic rings. The predicted molar refractivity (Wildman–Crippen MR) is 55.9 cm³/mol. The molecule has 2 rings (SSSR count). The topological polar surface area (TPSA) is 59.1 Å². The Balaban J connectivity index is 2.05. The minimum Gasteiger partial charge on any atom is -0.397 e. The number of nitrogens with two attached hydrogens (primary N) is 1. The Bertz CT molecular complexity index is 289. The van der Waals surface area contributed by atoms with Crippen LogP contribution in [0.4, 0.5) is 5.69 Å². The zero-order valence-corrected chi connectivity index (χ0v) is 8.19. The van der Waals surface area contributed by atoms with Crippen LogP contribution in [-0.4, -0.2) is 16.2 Å². The monoisotopic (exact) mass is 192 g/mol. The summed E-state index contributed by atoms with van der Waals surface area (Å²) in [5.41, 5.74) is 7.41. The second-order valence-electron chi connectivity index (χ2n) is 4.02. The van der Waals surface area contributed by atoms with Crippen molar-refractivity contribution in [1.29, 1.82) is 0 Å². The Morgan fingerprint density at radius 1 is 1.21 bits per heavy atom. The second-order valence-corrected chi connectivity index (χ2v) is 4.02. The number of nitrogen functional groups attached to an aromatic ring is 1. The van der Waals surface area contributed by atoms with Crippen LogP contribution in [0.1, 0.15) is 37.3 Å². The van der Waals surface area contributed by atoms with E-state index in [0.29, 0.717) is 11.6 Å². The summed E-state index contributed by atoms with van der Waals surface area (Å²) in [4.78, 5) is 4.32. The number of anilines is 1. The third kappa shape index (κ3) is 2.04. The average Bonchev–Trinajstić information content (AvgIpc) is 2.21. The van der Waals surface area contributed by atoms with Crippen LogP contribution in [0.5, 0.6) is 0 Å². The fraction of sp³-hybridized carbons (Fsp3) is 0.545. The van der Waals surface area contributed by atoms with Crippen molar-refractivity contribution in [2.24, 2.45) is 0 Å². The molecule has 1 aromatic heterocycles. The summed E-state index contributed by atoms with van der Waals surface area (Å²) in [6.07, 6.45) is 5.49. The molecule has 0 aliphatic heterocycles. The number of hydrogen-bond acceptors (Lipinski definition) is 3. The van der Waals surface area contributed by atoms with Crippen molar-refractivity contribution in [3.8, 4) is 0 Å². The predicted octanol–water partition coefficient (Wildman–Crippen LogP) is 1.68. The SMILES string of the molecule is Nc1ccc(C2CCC(O)CC2)nc1. The van der Waals surface area contributed by atoms with E-state index >= 15 is 0 Å². The minimum atomic E-state index is -0.0972. The van der Waals surface area contributed by atoms with Gasteiger partial charge >= 0.3 is 0 Å². The van der Waals surface area contributed by atoms with E-state index in [1.54, 1.807) is 6.20 Å². The van der Waals surface area contributed by atoms with Gasteiger partial charge in [0, 0.05) is 11.6 Å². The maximum absolute atomic E-state index is 9.38. The molecule has 0 saturated heterocycles. The molecule has 3 heteroatoms. The van der Waals surface area contributed by atoms with Gasteiger partial charge in [-0.15, -0.1) is 0 Å². The molecule has 0 unspecified atom stereocenters. The number of pyridine rings is 1. The normalized spacial score (nSPS) is 27.5. The first-order chi connectivity index (χ1) is 6.75. The summed E-state index contributed by atoms with van der Waals surface area (Å²) in [5.74, 6) is 0.513. The number of aliphatic hydroxyl groups excluding tert-OH is 1. The lowest BCUT2D eigenvalue weighted by Gasteiger charge is -2.24. The summed E-state index contributed by atoms with van der Waals surface area (Å²) in [6.45, 7) is 0. The highest BCUT2D eigenvalue weighted by Crippen LogP contribution is 2.31. The third-order valence-electron chi connectivity index (χ3n) is 2.92. The molecular formula is C11H16N2O. The van der Waals surface area contributed by atoms with E-state index in [-0.39, 0.29) is 6.10 Å². The summed E-state index contributed by atoms with van der Waals surface area (Å²) in [6, 6.07) is 3.89. The van der Waals surface area contributed by atoms with E-state index < -0.39 is 0 Å². The number of nitrogens with zero attached hydrogens (tertiary/aromatic N) is 1. The van der Waals surface area contributed by atoms with Gasteiger partial charge in [0.2, 0.25) is 0 Å². The Labute approximate surface area is 84.0 Å². The van der Waals surface area contributed by atoms with E-state index in [9.17, 15) is 5.11 Å². The van der Waals surface area contributed by atoms with Crippen molar-refractivity contribution in [3.05, 3.63) is 24.0 Å². The summed E-state index contributed by atoms with van der Waals surface area (Å²) in [5, 5.41) is 9.38. The van der Waals surface area contributed by atoms with Crippen molar-refractivity contribution in [2.45, 2.75) is 37.7 Å². The van der Waals surface area contributed by atoms with Gasteiger partial charge in [0.15, 0.2) is 0 Å². The van der Waals surface area contributed by atoms with Crippen molar-refractivity contribution in [3.63, 3.8) is 0 Å². The molecule has 0 bridgehead atoms. The van der Waals surface area contributed by atoms with E-state index in [4.69, 9.17) is 5.73 Å². The van der Waals surface area contributed by atoms with Crippen LogP contribution in [0.15, 0.2) is 18.3 Å². The lowest BCUT2D eigenvalue weighted by molar-refractivity contribution is 0.122. The quantitative estimate of drug-likeness (QED) is 0.711. The van der Waals surface area contributed by atoms with Crippen molar-refractivity contribution < 1.29 is 5.11 Å². The van der Waals surface area contributed by atoms with Crippen LogP contribution in [0.2, 0.25) is 0 Å². The fourth-order valence-electron chi connectivity index (χ4n) is 2.03. The molecule has 1 heterocycles. The lowest BCUT2D eigenvalue weighted by Crippen LogP contribution is -2.17. The zero-order valence-electron chi connectivity index (χ0n) is 8.19. The molecule has 3 N–H and O–H groups in total. The van der Waals surface area contributed by atoms with Gasteiger partial charge < -0.3 is 10.8 Å². The van der Waals surface area contributed by atoms with Gasteiger partial charge in [0.05, 0.1) is 18.0 Å². The van der Waals surface area contributed by atoms with Gasteiger partial charge in [-0.3, -0.25) is 4.98 Å². The maximum atomic E-state index is 9.38. The number of aliphatic hydroxyl groups is 1.